The van der Waals surface area contributed by atoms with E-state index in [1.165, 1.54) is 0 Å². The SMILES string of the molecule is O=C(C[C@H]1CCCN1C(=O)/C=C/c1cccnc1)c1ccccc1. The Morgan fingerprint density at radius 1 is 1.17 bits per heavy atom. The molecule has 1 amide bonds. The van der Waals surface area contributed by atoms with Gasteiger partial charge in [-0.25, -0.2) is 0 Å². The van der Waals surface area contributed by atoms with Gasteiger partial charge < -0.3 is 4.90 Å². The Balaban J connectivity index is 1.63. The average Bonchev–Trinajstić information content (AvgIpc) is 3.09. The van der Waals surface area contributed by atoms with Gasteiger partial charge in [0.25, 0.3) is 0 Å². The van der Waals surface area contributed by atoms with Crippen molar-refractivity contribution < 1.29 is 9.59 Å². The predicted molar refractivity (Wildman–Crippen MR) is 93.4 cm³/mol. The lowest BCUT2D eigenvalue weighted by molar-refractivity contribution is -0.126. The van der Waals surface area contributed by atoms with Gasteiger partial charge >= 0.3 is 0 Å². The van der Waals surface area contributed by atoms with Crippen LogP contribution in [-0.2, 0) is 4.79 Å². The van der Waals surface area contributed by atoms with E-state index in [0.717, 1.165) is 18.4 Å². The third kappa shape index (κ3) is 3.96. The Morgan fingerprint density at radius 2 is 2.00 bits per heavy atom. The molecule has 0 spiro atoms. The lowest BCUT2D eigenvalue weighted by atomic mass is 10.0. The molecule has 1 fully saturated rings. The van der Waals surface area contributed by atoms with Crippen molar-refractivity contribution in [1.29, 1.82) is 0 Å². The van der Waals surface area contributed by atoms with E-state index >= 15 is 0 Å². The number of pyridine rings is 1. The van der Waals surface area contributed by atoms with E-state index in [1.807, 2.05) is 47.4 Å². The summed E-state index contributed by atoms with van der Waals surface area (Å²) in [6.07, 6.45) is 8.96. The van der Waals surface area contributed by atoms with Crippen LogP contribution in [0.4, 0.5) is 0 Å². The summed E-state index contributed by atoms with van der Waals surface area (Å²) in [6, 6.07) is 13.0. The van der Waals surface area contributed by atoms with Crippen molar-refractivity contribution in [1.82, 2.24) is 9.88 Å². The van der Waals surface area contributed by atoms with E-state index in [1.54, 1.807) is 24.5 Å². The zero-order valence-electron chi connectivity index (χ0n) is 13.5. The van der Waals surface area contributed by atoms with Crippen LogP contribution >= 0.6 is 0 Å². The molecule has 2 heterocycles. The van der Waals surface area contributed by atoms with Crippen LogP contribution < -0.4 is 0 Å². The molecule has 0 N–H and O–H groups in total. The monoisotopic (exact) mass is 320 g/mol. The van der Waals surface area contributed by atoms with Gasteiger partial charge in [0.2, 0.25) is 5.91 Å². The number of rotatable bonds is 5. The fourth-order valence-corrected chi connectivity index (χ4v) is 3.03. The lowest BCUT2D eigenvalue weighted by Crippen LogP contribution is -2.35. The van der Waals surface area contributed by atoms with Crippen molar-refractivity contribution >= 4 is 17.8 Å². The van der Waals surface area contributed by atoms with Crippen molar-refractivity contribution in [2.24, 2.45) is 0 Å². The Kier molecular flexibility index (Phi) is 5.16. The zero-order valence-corrected chi connectivity index (χ0v) is 13.5. The molecule has 24 heavy (non-hydrogen) atoms. The molecular weight excluding hydrogens is 300 g/mol. The summed E-state index contributed by atoms with van der Waals surface area (Å²) >= 11 is 0. The highest BCUT2D eigenvalue weighted by atomic mass is 16.2. The summed E-state index contributed by atoms with van der Waals surface area (Å²) in [7, 11) is 0. The van der Waals surface area contributed by atoms with Crippen LogP contribution in [0.2, 0.25) is 0 Å². The number of carbonyl (C=O) groups excluding carboxylic acids is 2. The van der Waals surface area contributed by atoms with Crippen molar-refractivity contribution in [2.45, 2.75) is 25.3 Å². The second-order valence-corrected chi connectivity index (χ2v) is 5.94. The summed E-state index contributed by atoms with van der Waals surface area (Å²) in [5, 5.41) is 0. The fraction of sp³-hybridized carbons (Fsp3) is 0.250. The third-order valence-electron chi connectivity index (χ3n) is 4.28. The predicted octanol–water partition coefficient (Wildman–Crippen LogP) is 3.36. The van der Waals surface area contributed by atoms with E-state index in [2.05, 4.69) is 4.98 Å². The van der Waals surface area contributed by atoms with Crippen molar-refractivity contribution in [3.05, 3.63) is 72.1 Å². The second kappa shape index (κ2) is 7.68. The first-order valence-corrected chi connectivity index (χ1v) is 8.21. The zero-order chi connectivity index (χ0) is 16.8. The summed E-state index contributed by atoms with van der Waals surface area (Å²) < 4.78 is 0. The first-order chi connectivity index (χ1) is 11.7. The van der Waals surface area contributed by atoms with Gasteiger partial charge in [0.05, 0.1) is 0 Å². The van der Waals surface area contributed by atoms with Crippen molar-refractivity contribution in [2.75, 3.05) is 6.54 Å². The van der Waals surface area contributed by atoms with Crippen LogP contribution in [0, 0.1) is 0 Å². The summed E-state index contributed by atoms with van der Waals surface area (Å²) in [5.74, 6) is 0.0544. The molecule has 1 aromatic carbocycles. The molecule has 0 aliphatic carbocycles. The first-order valence-electron chi connectivity index (χ1n) is 8.21. The number of carbonyl (C=O) groups is 2. The first kappa shape index (κ1) is 16.1. The molecular formula is C20H20N2O2. The highest BCUT2D eigenvalue weighted by Crippen LogP contribution is 2.22. The van der Waals surface area contributed by atoms with Crippen LogP contribution in [0.25, 0.3) is 6.08 Å². The number of nitrogens with zero attached hydrogens (tertiary/aromatic N) is 2. The van der Waals surface area contributed by atoms with Gasteiger partial charge in [0.15, 0.2) is 5.78 Å². The van der Waals surface area contributed by atoms with E-state index < -0.39 is 0 Å². The Hall–Kier alpha value is -2.75. The van der Waals surface area contributed by atoms with Gasteiger partial charge in [-0.15, -0.1) is 0 Å². The minimum absolute atomic E-state index is 0.0104. The Bertz CT molecular complexity index is 726. The molecule has 0 unspecified atom stereocenters. The molecule has 1 aromatic heterocycles. The molecule has 1 saturated heterocycles. The number of ketones is 1. The number of hydrogen-bond acceptors (Lipinski definition) is 3. The maximum atomic E-state index is 12.5. The van der Waals surface area contributed by atoms with Gasteiger partial charge in [-0.05, 0) is 30.5 Å². The van der Waals surface area contributed by atoms with Gasteiger partial charge in [-0.3, -0.25) is 14.6 Å². The van der Waals surface area contributed by atoms with E-state index in [4.69, 9.17) is 0 Å². The summed E-state index contributed by atoms with van der Waals surface area (Å²) in [4.78, 5) is 30.7. The lowest BCUT2D eigenvalue weighted by Gasteiger charge is -2.23. The van der Waals surface area contributed by atoms with Gasteiger partial charge in [-0.1, -0.05) is 36.4 Å². The maximum absolute atomic E-state index is 12.5. The molecule has 1 aliphatic heterocycles. The van der Waals surface area contributed by atoms with Gasteiger partial charge in [-0.2, -0.15) is 0 Å². The smallest absolute Gasteiger partial charge is 0.246 e. The largest absolute Gasteiger partial charge is 0.336 e. The van der Waals surface area contributed by atoms with Crippen LogP contribution in [0.1, 0.15) is 35.2 Å². The number of hydrogen-bond donors (Lipinski definition) is 0. The number of benzene rings is 1. The highest BCUT2D eigenvalue weighted by molar-refractivity contribution is 5.97. The molecule has 4 nitrogen and oxygen atoms in total. The molecule has 4 heteroatoms. The topological polar surface area (TPSA) is 50.3 Å². The van der Waals surface area contributed by atoms with Crippen molar-refractivity contribution in [3.8, 4) is 0 Å². The summed E-state index contributed by atoms with van der Waals surface area (Å²) in [6.45, 7) is 0.711. The number of Topliss-reactive ketones (excluding diaryl/α,β-unsaturated/α-hetero) is 1. The summed E-state index contributed by atoms with van der Waals surface area (Å²) in [5.41, 5.74) is 1.60. The quantitative estimate of drug-likeness (QED) is 0.627. The molecule has 0 saturated carbocycles. The molecule has 122 valence electrons. The van der Waals surface area contributed by atoms with Gasteiger partial charge in [0.1, 0.15) is 0 Å². The van der Waals surface area contributed by atoms with Crippen LogP contribution in [0.15, 0.2) is 60.9 Å². The Labute approximate surface area is 141 Å². The van der Waals surface area contributed by atoms with Crippen molar-refractivity contribution in [3.63, 3.8) is 0 Å². The molecule has 3 rings (SSSR count). The van der Waals surface area contributed by atoms with Gasteiger partial charge in [0, 0.05) is 43.0 Å². The second-order valence-electron chi connectivity index (χ2n) is 5.94. The molecule has 0 bridgehead atoms. The standard InChI is InChI=1S/C20H20N2O2/c23-19(17-7-2-1-3-8-17)14-18-9-5-13-22(18)20(24)11-10-16-6-4-12-21-15-16/h1-4,6-8,10-12,15,18H,5,9,13-14H2/b11-10+/t18-/m1/s1. The Morgan fingerprint density at radius 3 is 2.75 bits per heavy atom. The maximum Gasteiger partial charge on any atom is 0.246 e. The van der Waals surface area contributed by atoms with Crippen LogP contribution in [0.3, 0.4) is 0 Å². The molecule has 1 aliphatic rings. The molecule has 0 radical (unpaired) electrons. The van der Waals surface area contributed by atoms with Crippen LogP contribution in [-0.4, -0.2) is 34.2 Å². The average molecular weight is 320 g/mol. The van der Waals surface area contributed by atoms with Crippen LogP contribution in [0.5, 0.6) is 0 Å². The van der Waals surface area contributed by atoms with E-state index in [-0.39, 0.29) is 17.7 Å². The highest BCUT2D eigenvalue weighted by Gasteiger charge is 2.29. The molecule has 1 atom stereocenters. The van der Waals surface area contributed by atoms with E-state index in [0.29, 0.717) is 18.5 Å². The minimum atomic E-state index is -0.0396. The number of amides is 1. The molecule has 2 aromatic rings. The van der Waals surface area contributed by atoms with E-state index in [9.17, 15) is 9.59 Å². The third-order valence-corrected chi connectivity index (χ3v) is 4.28. The normalized spacial score (nSPS) is 17.3. The fourth-order valence-electron chi connectivity index (χ4n) is 3.03. The number of likely N-dealkylation sites (tertiary alicyclic amines) is 1. The minimum Gasteiger partial charge on any atom is -0.336 e. The number of aromatic nitrogens is 1.